The molecule has 0 unspecified atom stereocenters. The lowest BCUT2D eigenvalue weighted by molar-refractivity contribution is -0.140. The Morgan fingerprint density at radius 1 is 1.28 bits per heavy atom. The summed E-state index contributed by atoms with van der Waals surface area (Å²) in [6, 6.07) is 0. The summed E-state index contributed by atoms with van der Waals surface area (Å²) in [7, 11) is 0. The van der Waals surface area contributed by atoms with Crippen molar-refractivity contribution in [3.05, 3.63) is 36.5 Å². The SMILES string of the molecule is C=C1CC[C@H]2C(=C)C(=O)O[C@@H]2[C@H]2O[C@]2(C)CC/C=C\CNC(=O)OC1. The summed E-state index contributed by atoms with van der Waals surface area (Å²) in [6.45, 7) is 10.5. The van der Waals surface area contributed by atoms with Crippen molar-refractivity contribution in [1.82, 2.24) is 5.32 Å². The highest BCUT2D eigenvalue weighted by molar-refractivity contribution is 5.91. The number of carbonyl (C=O) groups is 2. The largest absolute Gasteiger partial charge is 0.455 e. The summed E-state index contributed by atoms with van der Waals surface area (Å²) in [6.07, 6.45) is 6.02. The topological polar surface area (TPSA) is 77.2 Å². The Kier molecular flexibility index (Phi) is 4.99. The minimum Gasteiger partial charge on any atom is -0.455 e. The average molecular weight is 347 g/mol. The number of hydrogen-bond acceptors (Lipinski definition) is 5. The molecular formula is C19H25NO5. The third kappa shape index (κ3) is 3.95. The maximum absolute atomic E-state index is 12.0. The molecule has 4 atom stereocenters. The van der Waals surface area contributed by atoms with Gasteiger partial charge < -0.3 is 19.5 Å². The molecule has 0 radical (unpaired) electrons. The summed E-state index contributed by atoms with van der Waals surface area (Å²) in [5, 5.41) is 2.67. The molecule has 6 nitrogen and oxygen atoms in total. The van der Waals surface area contributed by atoms with Crippen molar-refractivity contribution < 1.29 is 23.8 Å². The van der Waals surface area contributed by atoms with Crippen LogP contribution in [0.4, 0.5) is 4.79 Å². The van der Waals surface area contributed by atoms with Gasteiger partial charge >= 0.3 is 12.1 Å². The van der Waals surface area contributed by atoms with Crippen LogP contribution in [0.25, 0.3) is 0 Å². The van der Waals surface area contributed by atoms with Gasteiger partial charge in [0.1, 0.15) is 18.8 Å². The van der Waals surface area contributed by atoms with Crippen LogP contribution in [-0.4, -0.2) is 43.0 Å². The van der Waals surface area contributed by atoms with E-state index >= 15 is 0 Å². The van der Waals surface area contributed by atoms with E-state index in [1.54, 1.807) is 0 Å². The van der Waals surface area contributed by atoms with Crippen LogP contribution in [0, 0.1) is 5.92 Å². The zero-order valence-corrected chi connectivity index (χ0v) is 14.6. The highest BCUT2D eigenvalue weighted by Gasteiger charge is 2.61. The van der Waals surface area contributed by atoms with Crippen molar-refractivity contribution in [2.75, 3.05) is 13.2 Å². The Morgan fingerprint density at radius 2 is 2.08 bits per heavy atom. The van der Waals surface area contributed by atoms with E-state index in [0.717, 1.165) is 18.4 Å². The number of cyclic esters (lactones) is 1. The van der Waals surface area contributed by atoms with Gasteiger partial charge in [-0.05, 0) is 38.2 Å². The molecule has 3 aliphatic heterocycles. The summed E-state index contributed by atoms with van der Waals surface area (Å²) in [5.41, 5.74) is 1.01. The molecule has 6 heteroatoms. The zero-order chi connectivity index (χ0) is 18.0. The standard InChI is InChI=1S/C19H25NO5/c1-12-7-8-14-13(2)17(21)24-15(14)16-19(3,25-16)9-5-4-6-10-20-18(22)23-11-12/h4,6,14-16H,1-2,5,7-11H2,3H3,(H,20,22)/b6-4-/t14-,15-,16+,19+/m0/s1. The van der Waals surface area contributed by atoms with Gasteiger partial charge in [0, 0.05) is 18.0 Å². The van der Waals surface area contributed by atoms with Crippen LogP contribution in [-0.2, 0) is 19.0 Å². The highest BCUT2D eigenvalue weighted by Crippen LogP contribution is 2.49. The van der Waals surface area contributed by atoms with Crippen molar-refractivity contribution in [2.45, 2.75) is 50.4 Å². The normalized spacial score (nSPS) is 38.0. The molecule has 25 heavy (non-hydrogen) atoms. The molecule has 0 aromatic carbocycles. The smallest absolute Gasteiger partial charge is 0.407 e. The van der Waals surface area contributed by atoms with Crippen LogP contribution < -0.4 is 5.32 Å². The minimum absolute atomic E-state index is 0.0895. The summed E-state index contributed by atoms with van der Waals surface area (Å²) in [5.74, 6) is -0.430. The molecule has 1 N–H and O–H groups in total. The van der Waals surface area contributed by atoms with E-state index in [0.29, 0.717) is 25.0 Å². The van der Waals surface area contributed by atoms with E-state index in [2.05, 4.69) is 25.4 Å². The van der Waals surface area contributed by atoms with E-state index in [9.17, 15) is 9.59 Å². The number of allylic oxidation sites excluding steroid dienone is 1. The zero-order valence-electron chi connectivity index (χ0n) is 14.6. The number of epoxide rings is 1. The Hall–Kier alpha value is -2.08. The third-order valence-electron chi connectivity index (χ3n) is 5.14. The second kappa shape index (κ2) is 7.04. The number of fused-ring (bicyclic) bond motifs is 3. The Bertz CT molecular complexity index is 625. The molecular weight excluding hydrogens is 322 g/mol. The van der Waals surface area contributed by atoms with E-state index in [1.165, 1.54) is 0 Å². The lowest BCUT2D eigenvalue weighted by Crippen LogP contribution is -2.29. The minimum atomic E-state index is -0.461. The maximum atomic E-state index is 12.0. The third-order valence-corrected chi connectivity index (χ3v) is 5.14. The summed E-state index contributed by atoms with van der Waals surface area (Å²) >= 11 is 0. The van der Waals surface area contributed by atoms with Gasteiger partial charge in [0.25, 0.3) is 0 Å². The van der Waals surface area contributed by atoms with Crippen LogP contribution in [0.3, 0.4) is 0 Å². The molecule has 0 bridgehead atoms. The molecule has 2 fully saturated rings. The first-order chi connectivity index (χ1) is 11.9. The van der Waals surface area contributed by atoms with Crippen molar-refractivity contribution in [2.24, 2.45) is 5.92 Å². The second-order valence-corrected chi connectivity index (χ2v) is 7.11. The molecule has 3 rings (SSSR count). The van der Waals surface area contributed by atoms with Crippen molar-refractivity contribution in [3.8, 4) is 0 Å². The van der Waals surface area contributed by atoms with E-state index in [4.69, 9.17) is 14.2 Å². The fraction of sp³-hybridized carbons (Fsp3) is 0.579. The lowest BCUT2D eigenvalue weighted by atomic mass is 9.85. The number of nitrogens with one attached hydrogen (secondary N) is 1. The quantitative estimate of drug-likeness (QED) is 0.315. The molecule has 136 valence electrons. The van der Waals surface area contributed by atoms with Gasteiger partial charge in [-0.25, -0.2) is 9.59 Å². The molecule has 1 amide bonds. The summed E-state index contributed by atoms with van der Waals surface area (Å²) < 4.78 is 16.6. The van der Waals surface area contributed by atoms with Crippen LogP contribution in [0.1, 0.15) is 32.6 Å². The number of ether oxygens (including phenoxy) is 3. The second-order valence-electron chi connectivity index (χ2n) is 7.11. The van der Waals surface area contributed by atoms with Crippen molar-refractivity contribution >= 4 is 12.1 Å². The monoisotopic (exact) mass is 347 g/mol. The van der Waals surface area contributed by atoms with Gasteiger partial charge in [0.15, 0.2) is 0 Å². The molecule has 0 aromatic heterocycles. The van der Waals surface area contributed by atoms with Crippen molar-refractivity contribution in [3.63, 3.8) is 0 Å². The molecule has 2 saturated heterocycles. The molecule has 0 aromatic rings. The van der Waals surface area contributed by atoms with E-state index in [-0.39, 0.29) is 36.3 Å². The van der Waals surface area contributed by atoms with E-state index < -0.39 is 6.09 Å². The predicted molar refractivity (Wildman–Crippen MR) is 91.9 cm³/mol. The van der Waals surface area contributed by atoms with Crippen LogP contribution in [0.15, 0.2) is 36.5 Å². The first-order valence-corrected chi connectivity index (χ1v) is 8.70. The Balaban J connectivity index is 1.72. The molecule has 0 spiro atoms. The van der Waals surface area contributed by atoms with Gasteiger partial charge in [-0.1, -0.05) is 25.3 Å². The summed E-state index contributed by atoms with van der Waals surface area (Å²) in [4.78, 5) is 23.6. The number of carbonyl (C=O) groups excluding carboxylic acids is 2. The van der Waals surface area contributed by atoms with Gasteiger partial charge in [-0.2, -0.15) is 0 Å². The van der Waals surface area contributed by atoms with Crippen LogP contribution in [0.2, 0.25) is 0 Å². The maximum Gasteiger partial charge on any atom is 0.407 e. The number of alkyl carbamates (subject to hydrolysis) is 1. The fourth-order valence-electron chi connectivity index (χ4n) is 3.48. The van der Waals surface area contributed by atoms with Gasteiger partial charge in [0.05, 0.1) is 5.60 Å². The molecule has 3 heterocycles. The van der Waals surface area contributed by atoms with Crippen LogP contribution in [0.5, 0.6) is 0 Å². The number of hydrogen-bond donors (Lipinski definition) is 1. The van der Waals surface area contributed by atoms with Gasteiger partial charge in [-0.3, -0.25) is 0 Å². The van der Waals surface area contributed by atoms with Gasteiger partial charge in [0.2, 0.25) is 0 Å². The fourth-order valence-corrected chi connectivity index (χ4v) is 3.48. The molecule has 3 aliphatic rings. The van der Waals surface area contributed by atoms with Gasteiger partial charge in [-0.15, -0.1) is 0 Å². The van der Waals surface area contributed by atoms with E-state index in [1.807, 2.05) is 12.2 Å². The Morgan fingerprint density at radius 3 is 2.88 bits per heavy atom. The first kappa shape index (κ1) is 17.7. The molecule has 0 saturated carbocycles. The number of rotatable bonds is 0. The number of esters is 1. The molecule has 0 aliphatic carbocycles. The average Bonchev–Trinajstić information content (AvgIpc) is 3.16. The van der Waals surface area contributed by atoms with Crippen molar-refractivity contribution in [1.29, 1.82) is 0 Å². The predicted octanol–water partition coefficient (Wildman–Crippen LogP) is 2.65. The first-order valence-electron chi connectivity index (χ1n) is 8.70. The van der Waals surface area contributed by atoms with Crippen LogP contribution >= 0.6 is 0 Å². The Labute approximate surface area is 147 Å². The highest BCUT2D eigenvalue weighted by atomic mass is 16.6. The number of amides is 1. The lowest BCUT2D eigenvalue weighted by Gasteiger charge is -2.18.